The van der Waals surface area contributed by atoms with Crippen LogP contribution in [0.1, 0.15) is 51.9 Å². The highest BCUT2D eigenvalue weighted by molar-refractivity contribution is 5.84. The average Bonchev–Trinajstić information content (AvgIpc) is 2.74. The van der Waals surface area contributed by atoms with Crippen LogP contribution in [-0.4, -0.2) is 36.9 Å². The highest BCUT2D eigenvalue weighted by atomic mass is 16.6. The van der Waals surface area contributed by atoms with E-state index >= 15 is 0 Å². The van der Waals surface area contributed by atoms with E-state index in [2.05, 4.69) is 17.0 Å². The second-order valence-corrected chi connectivity index (χ2v) is 5.59. The normalized spacial score (nSPS) is 29.5. The van der Waals surface area contributed by atoms with E-state index in [-0.39, 0.29) is 0 Å². The molecule has 1 heterocycles. The van der Waals surface area contributed by atoms with Crippen LogP contribution in [0, 0.1) is 5.92 Å². The summed E-state index contributed by atoms with van der Waals surface area (Å²) >= 11 is 0. The van der Waals surface area contributed by atoms with Gasteiger partial charge < -0.3 is 4.84 Å². The van der Waals surface area contributed by atoms with Crippen LogP contribution in [0.15, 0.2) is 5.16 Å². The van der Waals surface area contributed by atoms with Crippen LogP contribution >= 0.6 is 0 Å². The molecule has 1 saturated carbocycles. The molecule has 1 saturated heterocycles. The van der Waals surface area contributed by atoms with Crippen molar-refractivity contribution in [2.45, 2.75) is 51.9 Å². The third-order valence-corrected chi connectivity index (χ3v) is 3.89. The van der Waals surface area contributed by atoms with E-state index in [1.165, 1.54) is 50.9 Å². The van der Waals surface area contributed by atoms with Crippen LogP contribution in [0.5, 0.6) is 0 Å². The van der Waals surface area contributed by atoms with E-state index < -0.39 is 0 Å². The molecule has 2 rings (SSSR count). The number of oxime groups is 1. The second kappa shape index (κ2) is 7.00. The first kappa shape index (κ1) is 12.9. The van der Waals surface area contributed by atoms with Crippen molar-refractivity contribution in [2.24, 2.45) is 11.1 Å². The van der Waals surface area contributed by atoms with E-state index in [4.69, 9.17) is 4.84 Å². The van der Waals surface area contributed by atoms with Crippen molar-refractivity contribution >= 4 is 5.71 Å². The van der Waals surface area contributed by atoms with Gasteiger partial charge in [-0.25, -0.2) is 0 Å². The molecule has 3 heteroatoms. The van der Waals surface area contributed by atoms with Crippen molar-refractivity contribution < 1.29 is 4.84 Å². The fourth-order valence-corrected chi connectivity index (χ4v) is 2.82. The summed E-state index contributed by atoms with van der Waals surface area (Å²) in [6.07, 6.45) is 9.00. The van der Waals surface area contributed by atoms with Crippen molar-refractivity contribution in [1.29, 1.82) is 0 Å². The van der Waals surface area contributed by atoms with Crippen LogP contribution in [0.2, 0.25) is 0 Å². The molecule has 17 heavy (non-hydrogen) atoms. The zero-order valence-corrected chi connectivity index (χ0v) is 11.2. The third-order valence-electron chi connectivity index (χ3n) is 3.89. The SMILES string of the molecule is CC1CCCC/C(=N\OCCN2CCCC2)C1. The summed E-state index contributed by atoms with van der Waals surface area (Å²) in [4.78, 5) is 7.95. The Kier molecular flexibility index (Phi) is 5.30. The summed E-state index contributed by atoms with van der Waals surface area (Å²) < 4.78 is 0. The monoisotopic (exact) mass is 238 g/mol. The van der Waals surface area contributed by atoms with Crippen LogP contribution < -0.4 is 0 Å². The van der Waals surface area contributed by atoms with Gasteiger partial charge in [0.15, 0.2) is 0 Å². The molecule has 3 nitrogen and oxygen atoms in total. The van der Waals surface area contributed by atoms with Gasteiger partial charge in [-0.05, 0) is 51.1 Å². The fraction of sp³-hybridized carbons (Fsp3) is 0.929. The topological polar surface area (TPSA) is 24.8 Å². The first-order valence-electron chi connectivity index (χ1n) is 7.24. The highest BCUT2D eigenvalue weighted by Gasteiger charge is 2.13. The minimum absolute atomic E-state index is 0.762. The summed E-state index contributed by atoms with van der Waals surface area (Å²) in [5.74, 6) is 0.790. The quantitative estimate of drug-likeness (QED) is 0.427. The van der Waals surface area contributed by atoms with Gasteiger partial charge in [0.2, 0.25) is 0 Å². The number of rotatable bonds is 4. The zero-order valence-electron chi connectivity index (χ0n) is 11.2. The van der Waals surface area contributed by atoms with Gasteiger partial charge in [-0.2, -0.15) is 0 Å². The van der Waals surface area contributed by atoms with Gasteiger partial charge in [-0.15, -0.1) is 0 Å². The predicted molar refractivity (Wildman–Crippen MR) is 71.3 cm³/mol. The van der Waals surface area contributed by atoms with Crippen molar-refractivity contribution in [3.63, 3.8) is 0 Å². The third kappa shape index (κ3) is 4.66. The van der Waals surface area contributed by atoms with Crippen molar-refractivity contribution in [3.05, 3.63) is 0 Å². The molecule has 1 aliphatic heterocycles. The van der Waals surface area contributed by atoms with Crippen molar-refractivity contribution in [2.75, 3.05) is 26.2 Å². The zero-order chi connectivity index (χ0) is 11.9. The van der Waals surface area contributed by atoms with E-state index in [9.17, 15) is 0 Å². The first-order valence-corrected chi connectivity index (χ1v) is 7.24. The summed E-state index contributed by atoms with van der Waals surface area (Å²) in [6, 6.07) is 0. The Morgan fingerprint density at radius 3 is 2.88 bits per heavy atom. The molecule has 0 amide bonds. The van der Waals surface area contributed by atoms with Gasteiger partial charge in [0.05, 0.1) is 5.71 Å². The molecule has 2 aliphatic rings. The molecule has 1 unspecified atom stereocenters. The molecule has 0 bridgehead atoms. The van der Waals surface area contributed by atoms with Gasteiger partial charge in [0.25, 0.3) is 0 Å². The van der Waals surface area contributed by atoms with E-state index in [0.29, 0.717) is 0 Å². The lowest BCUT2D eigenvalue weighted by molar-refractivity contribution is 0.117. The Morgan fingerprint density at radius 1 is 1.24 bits per heavy atom. The fourth-order valence-electron chi connectivity index (χ4n) is 2.82. The van der Waals surface area contributed by atoms with Gasteiger partial charge in [-0.3, -0.25) is 4.90 Å². The van der Waals surface area contributed by atoms with Gasteiger partial charge in [0.1, 0.15) is 6.61 Å². The average molecular weight is 238 g/mol. The maximum absolute atomic E-state index is 5.49. The molecule has 2 fully saturated rings. The summed E-state index contributed by atoms with van der Waals surface area (Å²) in [7, 11) is 0. The lowest BCUT2D eigenvalue weighted by Gasteiger charge is -2.13. The van der Waals surface area contributed by atoms with Gasteiger partial charge >= 0.3 is 0 Å². The minimum atomic E-state index is 0.762. The Balaban J connectivity index is 1.64. The minimum Gasteiger partial charge on any atom is -0.394 e. The van der Waals surface area contributed by atoms with E-state index in [1.807, 2.05) is 0 Å². The van der Waals surface area contributed by atoms with Crippen LogP contribution in [0.4, 0.5) is 0 Å². The predicted octanol–water partition coefficient (Wildman–Crippen LogP) is 3.06. The van der Waals surface area contributed by atoms with E-state index in [0.717, 1.165) is 31.9 Å². The van der Waals surface area contributed by atoms with E-state index in [1.54, 1.807) is 0 Å². The largest absolute Gasteiger partial charge is 0.394 e. The molecule has 0 aromatic rings. The molecular formula is C14H26N2O. The molecule has 0 radical (unpaired) electrons. The molecule has 0 N–H and O–H groups in total. The highest BCUT2D eigenvalue weighted by Crippen LogP contribution is 2.20. The molecule has 1 atom stereocenters. The summed E-state index contributed by atoms with van der Waals surface area (Å²) in [6.45, 7) is 6.63. The lowest BCUT2D eigenvalue weighted by atomic mass is 10.0. The van der Waals surface area contributed by atoms with Crippen LogP contribution in [0.3, 0.4) is 0 Å². The van der Waals surface area contributed by atoms with Gasteiger partial charge in [-0.1, -0.05) is 24.9 Å². The van der Waals surface area contributed by atoms with Crippen LogP contribution in [-0.2, 0) is 4.84 Å². The molecule has 98 valence electrons. The number of likely N-dealkylation sites (tertiary alicyclic amines) is 1. The molecule has 1 aliphatic carbocycles. The Labute approximate surface area is 105 Å². The lowest BCUT2D eigenvalue weighted by Crippen LogP contribution is -2.23. The molecular weight excluding hydrogens is 212 g/mol. The number of hydrogen-bond acceptors (Lipinski definition) is 3. The van der Waals surface area contributed by atoms with Gasteiger partial charge in [0, 0.05) is 6.54 Å². The summed E-state index contributed by atoms with van der Waals surface area (Å²) in [5, 5.41) is 4.34. The number of hydrogen-bond donors (Lipinski definition) is 0. The smallest absolute Gasteiger partial charge is 0.129 e. The first-order chi connectivity index (χ1) is 8.34. The number of nitrogens with zero attached hydrogens (tertiary/aromatic N) is 2. The van der Waals surface area contributed by atoms with Crippen molar-refractivity contribution in [3.8, 4) is 0 Å². The molecule has 0 spiro atoms. The Hall–Kier alpha value is -0.570. The summed E-state index contributed by atoms with van der Waals surface area (Å²) in [5.41, 5.74) is 1.29. The molecule has 0 aromatic heterocycles. The van der Waals surface area contributed by atoms with Crippen LogP contribution in [0.25, 0.3) is 0 Å². The maximum atomic E-state index is 5.49. The second-order valence-electron chi connectivity index (χ2n) is 5.59. The van der Waals surface area contributed by atoms with Crippen molar-refractivity contribution in [1.82, 2.24) is 4.90 Å². The maximum Gasteiger partial charge on any atom is 0.129 e. The Morgan fingerprint density at radius 2 is 2.06 bits per heavy atom. The standard InChI is InChI=1S/C14H26N2O/c1-13-6-2-3-7-14(12-13)15-17-11-10-16-8-4-5-9-16/h13H,2-12H2,1H3/b15-14+. The Bertz CT molecular complexity index is 247. The molecule has 0 aromatic carbocycles.